The molecule has 1 heterocycles. The van der Waals surface area contributed by atoms with Crippen LogP contribution in [0.2, 0.25) is 0 Å². The predicted molar refractivity (Wildman–Crippen MR) is 61.9 cm³/mol. The third-order valence-electron chi connectivity index (χ3n) is 2.07. The second-order valence-corrected chi connectivity index (χ2v) is 4.45. The first-order chi connectivity index (χ1) is 7.70. The van der Waals surface area contributed by atoms with Gasteiger partial charge in [-0.15, -0.1) is 22.9 Å². The van der Waals surface area contributed by atoms with E-state index in [1.54, 1.807) is 0 Å². The van der Waals surface area contributed by atoms with Gasteiger partial charge in [0.2, 0.25) is 0 Å². The van der Waals surface area contributed by atoms with E-state index in [2.05, 4.69) is 4.98 Å². The zero-order valence-electron chi connectivity index (χ0n) is 8.21. The molecule has 0 aliphatic heterocycles. The van der Waals surface area contributed by atoms with Gasteiger partial charge in [0, 0.05) is 23.2 Å². The van der Waals surface area contributed by atoms with Crippen molar-refractivity contribution < 1.29 is 8.78 Å². The van der Waals surface area contributed by atoms with Crippen molar-refractivity contribution in [1.29, 1.82) is 0 Å². The summed E-state index contributed by atoms with van der Waals surface area (Å²) in [6.45, 7) is 0. The van der Waals surface area contributed by atoms with Crippen LogP contribution >= 0.6 is 22.9 Å². The van der Waals surface area contributed by atoms with Crippen LogP contribution in [-0.2, 0) is 6.42 Å². The molecular weight excluding hydrogens is 252 g/mol. The molecule has 1 aromatic heterocycles. The lowest BCUT2D eigenvalue weighted by Crippen LogP contribution is -1.87. The summed E-state index contributed by atoms with van der Waals surface area (Å²) in [7, 11) is 0. The average molecular weight is 260 g/mol. The zero-order chi connectivity index (χ0) is 11.5. The fourth-order valence-corrected chi connectivity index (χ4v) is 2.33. The molecule has 0 saturated heterocycles. The molecular formula is C11H8ClF2NS. The van der Waals surface area contributed by atoms with Crippen molar-refractivity contribution in [2.24, 2.45) is 0 Å². The van der Waals surface area contributed by atoms with Crippen molar-refractivity contribution in [3.05, 3.63) is 40.9 Å². The Morgan fingerprint density at radius 2 is 2.06 bits per heavy atom. The fourth-order valence-electron chi connectivity index (χ4n) is 1.28. The lowest BCUT2D eigenvalue weighted by atomic mass is 10.2. The van der Waals surface area contributed by atoms with Gasteiger partial charge in [-0.2, -0.15) is 0 Å². The van der Waals surface area contributed by atoms with Gasteiger partial charge < -0.3 is 0 Å². The van der Waals surface area contributed by atoms with Crippen molar-refractivity contribution in [3.8, 4) is 10.6 Å². The van der Waals surface area contributed by atoms with E-state index in [4.69, 9.17) is 11.6 Å². The monoisotopic (exact) mass is 259 g/mol. The van der Waals surface area contributed by atoms with Gasteiger partial charge >= 0.3 is 0 Å². The van der Waals surface area contributed by atoms with Gasteiger partial charge in [-0.25, -0.2) is 13.8 Å². The van der Waals surface area contributed by atoms with E-state index in [0.29, 0.717) is 22.9 Å². The summed E-state index contributed by atoms with van der Waals surface area (Å²) in [6, 6.07) is 3.77. The van der Waals surface area contributed by atoms with Crippen LogP contribution in [0.1, 0.15) is 5.69 Å². The highest BCUT2D eigenvalue weighted by Gasteiger charge is 2.08. The zero-order valence-corrected chi connectivity index (χ0v) is 9.79. The maximum atomic E-state index is 13.0. The number of hydrogen-bond donors (Lipinski definition) is 0. The second-order valence-electron chi connectivity index (χ2n) is 3.21. The summed E-state index contributed by atoms with van der Waals surface area (Å²) in [5.41, 5.74) is 1.46. The first kappa shape index (κ1) is 11.5. The number of thiazole rings is 1. The van der Waals surface area contributed by atoms with Crippen LogP contribution in [0.25, 0.3) is 10.6 Å². The van der Waals surface area contributed by atoms with Gasteiger partial charge in [0.1, 0.15) is 5.01 Å². The van der Waals surface area contributed by atoms with Crippen LogP contribution in [-0.4, -0.2) is 10.9 Å². The van der Waals surface area contributed by atoms with Crippen LogP contribution < -0.4 is 0 Å². The van der Waals surface area contributed by atoms with E-state index in [9.17, 15) is 8.78 Å². The molecule has 0 amide bonds. The number of aromatic nitrogens is 1. The molecule has 0 fully saturated rings. The van der Waals surface area contributed by atoms with Crippen LogP contribution in [0.4, 0.5) is 8.78 Å². The Kier molecular flexibility index (Phi) is 3.51. The third kappa shape index (κ3) is 2.39. The average Bonchev–Trinajstić information content (AvgIpc) is 2.71. The summed E-state index contributed by atoms with van der Waals surface area (Å²) >= 11 is 6.99. The van der Waals surface area contributed by atoms with Gasteiger partial charge in [0.25, 0.3) is 0 Å². The SMILES string of the molecule is Fc1ccc(-c2nc(CCCl)cs2)cc1F. The minimum atomic E-state index is -0.855. The summed E-state index contributed by atoms with van der Waals surface area (Å²) in [4.78, 5) is 4.29. The molecule has 0 aliphatic rings. The molecule has 0 unspecified atom stereocenters. The Labute approximate surface area is 101 Å². The number of rotatable bonds is 3. The molecule has 0 radical (unpaired) electrons. The number of nitrogens with zero attached hydrogens (tertiary/aromatic N) is 1. The van der Waals surface area contributed by atoms with Crippen LogP contribution in [0.5, 0.6) is 0 Å². The standard InChI is InChI=1S/C11H8ClF2NS/c12-4-3-8-6-16-11(15-8)7-1-2-9(13)10(14)5-7/h1-2,5-6H,3-4H2. The second kappa shape index (κ2) is 4.89. The first-order valence-electron chi connectivity index (χ1n) is 4.66. The van der Waals surface area contributed by atoms with Crippen LogP contribution in [0, 0.1) is 11.6 Å². The van der Waals surface area contributed by atoms with Crippen LogP contribution in [0.3, 0.4) is 0 Å². The minimum Gasteiger partial charge on any atom is -0.241 e. The smallest absolute Gasteiger partial charge is 0.159 e. The van der Waals surface area contributed by atoms with Crippen molar-refractivity contribution in [2.75, 3.05) is 5.88 Å². The van der Waals surface area contributed by atoms with Crippen LogP contribution in [0.15, 0.2) is 23.6 Å². The molecule has 0 bridgehead atoms. The van der Waals surface area contributed by atoms with Crippen molar-refractivity contribution in [1.82, 2.24) is 4.98 Å². The fraction of sp³-hybridized carbons (Fsp3) is 0.182. The molecule has 1 nitrogen and oxygen atoms in total. The Hall–Kier alpha value is -1.00. The Balaban J connectivity index is 2.31. The summed E-state index contributed by atoms with van der Waals surface area (Å²) in [5, 5.41) is 2.55. The van der Waals surface area contributed by atoms with E-state index in [1.165, 1.54) is 17.4 Å². The first-order valence-corrected chi connectivity index (χ1v) is 6.08. The number of aryl methyl sites for hydroxylation is 1. The van der Waals surface area contributed by atoms with Crippen molar-refractivity contribution in [3.63, 3.8) is 0 Å². The number of alkyl halides is 1. The summed E-state index contributed by atoms with van der Waals surface area (Å²) in [5.74, 6) is -1.20. The Bertz CT molecular complexity index is 498. The van der Waals surface area contributed by atoms with Gasteiger partial charge in [0.05, 0.1) is 5.69 Å². The molecule has 16 heavy (non-hydrogen) atoms. The topological polar surface area (TPSA) is 12.9 Å². The Morgan fingerprint density at radius 1 is 1.25 bits per heavy atom. The highest BCUT2D eigenvalue weighted by molar-refractivity contribution is 7.13. The quantitative estimate of drug-likeness (QED) is 0.763. The minimum absolute atomic E-state index is 0.501. The maximum absolute atomic E-state index is 13.0. The third-order valence-corrected chi connectivity index (χ3v) is 3.20. The Morgan fingerprint density at radius 3 is 2.75 bits per heavy atom. The highest BCUT2D eigenvalue weighted by Crippen LogP contribution is 2.25. The van der Waals surface area contributed by atoms with Crippen molar-refractivity contribution in [2.45, 2.75) is 6.42 Å². The maximum Gasteiger partial charge on any atom is 0.159 e. The molecule has 1 aromatic carbocycles. The molecule has 0 aliphatic carbocycles. The van der Waals surface area contributed by atoms with Crippen molar-refractivity contribution >= 4 is 22.9 Å². The van der Waals surface area contributed by atoms with E-state index in [-0.39, 0.29) is 0 Å². The van der Waals surface area contributed by atoms with Gasteiger partial charge in [-0.1, -0.05) is 0 Å². The van der Waals surface area contributed by atoms with Gasteiger partial charge in [0.15, 0.2) is 11.6 Å². The summed E-state index contributed by atoms with van der Waals surface area (Å²) in [6.07, 6.45) is 0.682. The number of hydrogen-bond acceptors (Lipinski definition) is 2. The van der Waals surface area contributed by atoms with Gasteiger partial charge in [-0.3, -0.25) is 0 Å². The lowest BCUT2D eigenvalue weighted by Gasteiger charge is -1.97. The predicted octanol–water partition coefficient (Wildman–Crippen LogP) is 3.87. The molecule has 5 heteroatoms. The molecule has 0 N–H and O–H groups in total. The molecule has 0 saturated carbocycles. The normalized spacial score (nSPS) is 10.7. The molecule has 2 rings (SSSR count). The van der Waals surface area contributed by atoms with Gasteiger partial charge in [-0.05, 0) is 18.2 Å². The molecule has 84 valence electrons. The van der Waals surface area contributed by atoms with E-state index < -0.39 is 11.6 Å². The molecule has 0 spiro atoms. The summed E-state index contributed by atoms with van der Waals surface area (Å²) < 4.78 is 25.7. The van der Waals surface area contributed by atoms with E-state index in [1.807, 2.05) is 5.38 Å². The largest absolute Gasteiger partial charge is 0.241 e. The van der Waals surface area contributed by atoms with E-state index >= 15 is 0 Å². The lowest BCUT2D eigenvalue weighted by molar-refractivity contribution is 0.509. The molecule has 0 atom stereocenters. The van der Waals surface area contributed by atoms with E-state index in [0.717, 1.165) is 17.8 Å². The number of halogens is 3. The number of benzene rings is 1. The molecule has 2 aromatic rings. The highest BCUT2D eigenvalue weighted by atomic mass is 35.5.